The molecule has 0 atom stereocenters. The van der Waals surface area contributed by atoms with Gasteiger partial charge in [-0.05, 0) is 6.08 Å². The number of rotatable bonds is 2. The fourth-order valence-corrected chi connectivity index (χ4v) is 0.178. The topological polar surface area (TPSA) is 63.3 Å². The molecule has 0 saturated carbocycles. The first-order chi connectivity index (χ1) is 3.63. The molecule has 0 aliphatic heterocycles. The molecule has 0 spiro atoms. The number of carbonyl (C=O) groups is 1. The third-order valence-corrected chi connectivity index (χ3v) is 0.440. The average Bonchev–Trinajstić information content (AvgIpc) is 1.61. The summed E-state index contributed by atoms with van der Waals surface area (Å²) in [7, 11) is 0. The van der Waals surface area contributed by atoms with Gasteiger partial charge in [-0.3, -0.25) is 0 Å². The van der Waals surface area contributed by atoms with Gasteiger partial charge in [-0.15, -0.1) is 0 Å². The molecule has 0 rings (SSSR count). The van der Waals surface area contributed by atoms with Crippen LogP contribution in [0, 0.1) is 0 Å². The first kappa shape index (κ1) is 6.75. The molecule has 0 aromatic rings. The van der Waals surface area contributed by atoms with E-state index in [1.807, 2.05) is 0 Å². The highest BCUT2D eigenvalue weighted by Gasteiger charge is 1.82. The molecule has 8 heavy (non-hydrogen) atoms. The second kappa shape index (κ2) is 2.85. The van der Waals surface area contributed by atoms with Crippen LogP contribution < -0.4 is 5.73 Å². The predicted molar refractivity (Wildman–Crippen MR) is 30.1 cm³/mol. The maximum absolute atomic E-state index is 9.72. The van der Waals surface area contributed by atoms with Crippen molar-refractivity contribution >= 4 is 5.97 Å². The smallest absolute Gasteiger partial charge is 0.328 e. The van der Waals surface area contributed by atoms with Gasteiger partial charge in [-0.25, -0.2) is 4.79 Å². The van der Waals surface area contributed by atoms with Crippen molar-refractivity contribution in [1.82, 2.24) is 0 Å². The molecule has 3 nitrogen and oxygen atoms in total. The zero-order valence-electron chi connectivity index (χ0n) is 4.29. The normalized spacial score (nSPS) is 9.50. The van der Waals surface area contributed by atoms with Crippen LogP contribution in [0.5, 0.6) is 0 Å². The molecule has 0 radical (unpaired) electrons. The zero-order valence-corrected chi connectivity index (χ0v) is 4.29. The summed E-state index contributed by atoms with van der Waals surface area (Å²) < 4.78 is 0. The molecule has 0 aliphatic rings. The number of nitrogens with two attached hydrogens (primary N) is 1. The van der Waals surface area contributed by atoms with E-state index in [1.165, 1.54) is 6.08 Å². The molecule has 3 heteroatoms. The van der Waals surface area contributed by atoms with Crippen LogP contribution in [0.2, 0.25) is 0 Å². The van der Waals surface area contributed by atoms with Gasteiger partial charge in [-0.1, -0.05) is 6.58 Å². The standard InChI is InChI=1S/C5H7NO2/c1-4(6)2-3-5(7)8/h2-3H,1,6H2,(H,7,8)/b3-2+. The quantitative estimate of drug-likeness (QED) is 0.394. The molecule has 3 N–H and O–H groups in total. The third kappa shape index (κ3) is 4.75. The number of aliphatic carboxylic acids is 1. The van der Waals surface area contributed by atoms with Crippen molar-refractivity contribution in [2.45, 2.75) is 0 Å². The Hall–Kier alpha value is -1.25. The molecule has 0 bridgehead atoms. The van der Waals surface area contributed by atoms with Crippen LogP contribution in [-0.2, 0) is 4.79 Å². The minimum atomic E-state index is -1.02. The SMILES string of the molecule is C=C(N)/C=C/C(=O)O. The highest BCUT2D eigenvalue weighted by molar-refractivity contribution is 5.80. The lowest BCUT2D eigenvalue weighted by Crippen LogP contribution is -1.92. The molecule has 0 aromatic carbocycles. The molecule has 0 saturated heterocycles. The van der Waals surface area contributed by atoms with Crippen LogP contribution in [-0.4, -0.2) is 11.1 Å². The Labute approximate surface area is 47.1 Å². The van der Waals surface area contributed by atoms with Gasteiger partial charge in [0.05, 0.1) is 0 Å². The largest absolute Gasteiger partial charge is 0.478 e. The minimum absolute atomic E-state index is 0.243. The molecule has 0 fully saturated rings. The van der Waals surface area contributed by atoms with Crippen LogP contribution in [0.25, 0.3) is 0 Å². The summed E-state index contributed by atoms with van der Waals surface area (Å²) in [5, 5.41) is 7.98. The van der Waals surface area contributed by atoms with E-state index >= 15 is 0 Å². The lowest BCUT2D eigenvalue weighted by Gasteiger charge is -1.80. The maximum Gasteiger partial charge on any atom is 0.328 e. The van der Waals surface area contributed by atoms with Crippen molar-refractivity contribution in [2.75, 3.05) is 0 Å². The van der Waals surface area contributed by atoms with Crippen LogP contribution >= 0.6 is 0 Å². The first-order valence-corrected chi connectivity index (χ1v) is 1.98. The molecule has 0 unspecified atom stereocenters. The molecular weight excluding hydrogens is 106 g/mol. The van der Waals surface area contributed by atoms with Crippen LogP contribution in [0.15, 0.2) is 24.4 Å². The Kier molecular flexibility index (Phi) is 2.40. The second-order valence-corrected chi connectivity index (χ2v) is 1.25. The third-order valence-electron chi connectivity index (χ3n) is 0.440. The highest BCUT2D eigenvalue weighted by Crippen LogP contribution is 1.78. The Morgan fingerprint density at radius 2 is 2.12 bits per heavy atom. The van der Waals surface area contributed by atoms with E-state index < -0.39 is 5.97 Å². The van der Waals surface area contributed by atoms with Crippen molar-refractivity contribution in [3.05, 3.63) is 24.4 Å². The second-order valence-electron chi connectivity index (χ2n) is 1.25. The van der Waals surface area contributed by atoms with E-state index in [0.717, 1.165) is 6.08 Å². The number of hydrogen-bond donors (Lipinski definition) is 2. The van der Waals surface area contributed by atoms with Gasteiger partial charge in [0.25, 0.3) is 0 Å². The Bertz CT molecular complexity index is 121. The van der Waals surface area contributed by atoms with E-state index in [1.54, 1.807) is 0 Å². The summed E-state index contributed by atoms with van der Waals surface area (Å²) in [6.45, 7) is 3.25. The van der Waals surface area contributed by atoms with Crippen LogP contribution in [0.4, 0.5) is 0 Å². The Balaban J connectivity index is 3.67. The summed E-state index contributed by atoms with van der Waals surface area (Å²) in [6.07, 6.45) is 2.16. The maximum atomic E-state index is 9.72. The summed E-state index contributed by atoms with van der Waals surface area (Å²) >= 11 is 0. The van der Waals surface area contributed by atoms with Gasteiger partial charge >= 0.3 is 5.97 Å². The van der Waals surface area contributed by atoms with Crippen molar-refractivity contribution in [1.29, 1.82) is 0 Å². The molecule has 0 heterocycles. The van der Waals surface area contributed by atoms with Gasteiger partial charge in [0.2, 0.25) is 0 Å². The van der Waals surface area contributed by atoms with Crippen molar-refractivity contribution < 1.29 is 9.90 Å². The molecule has 44 valence electrons. The number of carboxylic acid groups (broad SMARTS) is 1. The molecule has 0 aliphatic carbocycles. The van der Waals surface area contributed by atoms with Crippen molar-refractivity contribution in [3.63, 3.8) is 0 Å². The van der Waals surface area contributed by atoms with Crippen molar-refractivity contribution in [3.8, 4) is 0 Å². The Morgan fingerprint density at radius 3 is 2.25 bits per heavy atom. The summed E-state index contributed by atoms with van der Waals surface area (Å²) in [6, 6.07) is 0. The van der Waals surface area contributed by atoms with Gasteiger partial charge < -0.3 is 10.8 Å². The van der Waals surface area contributed by atoms with Crippen LogP contribution in [0.3, 0.4) is 0 Å². The lowest BCUT2D eigenvalue weighted by atomic mass is 10.4. The monoisotopic (exact) mass is 113 g/mol. The van der Waals surface area contributed by atoms with E-state index in [0.29, 0.717) is 0 Å². The van der Waals surface area contributed by atoms with E-state index in [9.17, 15) is 4.79 Å². The molecular formula is C5H7NO2. The Morgan fingerprint density at radius 1 is 1.62 bits per heavy atom. The van der Waals surface area contributed by atoms with Crippen LogP contribution in [0.1, 0.15) is 0 Å². The summed E-state index contributed by atoms with van der Waals surface area (Å²) in [5.41, 5.74) is 5.24. The minimum Gasteiger partial charge on any atom is -0.478 e. The first-order valence-electron chi connectivity index (χ1n) is 1.98. The molecule has 0 amide bonds. The fraction of sp³-hybridized carbons (Fsp3) is 0. The molecule has 0 aromatic heterocycles. The number of carboxylic acids is 1. The summed E-state index contributed by atoms with van der Waals surface area (Å²) in [4.78, 5) is 9.72. The van der Waals surface area contributed by atoms with E-state index in [2.05, 4.69) is 6.58 Å². The number of allylic oxidation sites excluding steroid dienone is 1. The van der Waals surface area contributed by atoms with Crippen molar-refractivity contribution in [2.24, 2.45) is 5.73 Å². The van der Waals surface area contributed by atoms with E-state index in [-0.39, 0.29) is 5.70 Å². The predicted octanol–water partition coefficient (Wildman–Crippen LogP) is 0.0996. The fourth-order valence-electron chi connectivity index (χ4n) is 0.178. The average molecular weight is 113 g/mol. The van der Waals surface area contributed by atoms with Gasteiger partial charge in [0.15, 0.2) is 0 Å². The van der Waals surface area contributed by atoms with Gasteiger partial charge in [0.1, 0.15) is 0 Å². The zero-order chi connectivity index (χ0) is 6.57. The lowest BCUT2D eigenvalue weighted by molar-refractivity contribution is -0.131. The summed E-state index contributed by atoms with van der Waals surface area (Å²) in [5.74, 6) is -1.02. The number of hydrogen-bond acceptors (Lipinski definition) is 2. The van der Waals surface area contributed by atoms with Gasteiger partial charge in [0, 0.05) is 11.8 Å². The van der Waals surface area contributed by atoms with E-state index in [4.69, 9.17) is 10.8 Å². The highest BCUT2D eigenvalue weighted by atomic mass is 16.4. The van der Waals surface area contributed by atoms with Gasteiger partial charge in [-0.2, -0.15) is 0 Å².